The number of nitrogens with one attached hydrogen (secondary N) is 1. The molecule has 6 heteroatoms. The van der Waals surface area contributed by atoms with Crippen molar-refractivity contribution < 1.29 is 9.32 Å². The van der Waals surface area contributed by atoms with Crippen molar-refractivity contribution in [2.75, 3.05) is 6.54 Å². The third-order valence-electron chi connectivity index (χ3n) is 5.70. The lowest BCUT2D eigenvalue weighted by Gasteiger charge is -2.29. The summed E-state index contributed by atoms with van der Waals surface area (Å²) in [7, 11) is 0. The van der Waals surface area contributed by atoms with E-state index in [-0.39, 0.29) is 12.1 Å². The van der Waals surface area contributed by atoms with E-state index in [0.29, 0.717) is 30.6 Å². The molecule has 2 amide bonds. The highest BCUT2D eigenvalue weighted by Crippen LogP contribution is 2.22. The molecule has 1 saturated carbocycles. The van der Waals surface area contributed by atoms with Gasteiger partial charge in [-0.3, -0.25) is 0 Å². The van der Waals surface area contributed by atoms with Crippen LogP contribution in [-0.4, -0.2) is 39.7 Å². The predicted molar refractivity (Wildman–Crippen MR) is 102 cm³/mol. The number of hydrogen-bond acceptors (Lipinski definition) is 4. The van der Waals surface area contributed by atoms with Crippen molar-refractivity contribution in [3.05, 3.63) is 47.6 Å². The van der Waals surface area contributed by atoms with Gasteiger partial charge in [0.1, 0.15) is 0 Å². The average molecular weight is 368 g/mol. The number of likely N-dealkylation sites (tertiary alicyclic amines) is 1. The predicted octanol–water partition coefficient (Wildman–Crippen LogP) is 3.71. The smallest absolute Gasteiger partial charge is 0.317 e. The van der Waals surface area contributed by atoms with E-state index in [1.807, 2.05) is 23.1 Å². The van der Waals surface area contributed by atoms with Crippen LogP contribution in [0.25, 0.3) is 0 Å². The molecule has 1 atom stereocenters. The van der Waals surface area contributed by atoms with Crippen molar-refractivity contribution in [2.45, 2.75) is 69.9 Å². The Hall–Kier alpha value is -2.37. The Morgan fingerprint density at radius 2 is 1.93 bits per heavy atom. The fourth-order valence-corrected chi connectivity index (χ4v) is 4.25. The zero-order valence-corrected chi connectivity index (χ0v) is 15.8. The van der Waals surface area contributed by atoms with Crippen molar-refractivity contribution in [3.63, 3.8) is 0 Å². The largest absolute Gasteiger partial charge is 0.339 e. The maximum atomic E-state index is 12.7. The molecule has 4 rings (SSSR count). The van der Waals surface area contributed by atoms with Crippen LogP contribution in [0.2, 0.25) is 0 Å². The molecule has 1 saturated heterocycles. The van der Waals surface area contributed by atoms with E-state index >= 15 is 0 Å². The van der Waals surface area contributed by atoms with E-state index in [4.69, 9.17) is 4.52 Å². The molecule has 0 radical (unpaired) electrons. The van der Waals surface area contributed by atoms with Crippen LogP contribution >= 0.6 is 0 Å². The van der Waals surface area contributed by atoms with Crippen molar-refractivity contribution in [2.24, 2.45) is 0 Å². The molecule has 2 aromatic rings. The first-order chi connectivity index (χ1) is 13.3. The molecule has 6 nitrogen and oxygen atoms in total. The molecule has 27 heavy (non-hydrogen) atoms. The highest BCUT2D eigenvalue weighted by Gasteiger charge is 2.31. The molecule has 2 aliphatic rings. The highest BCUT2D eigenvalue weighted by atomic mass is 16.5. The third-order valence-corrected chi connectivity index (χ3v) is 5.70. The minimum absolute atomic E-state index is 0.0809. The summed E-state index contributed by atoms with van der Waals surface area (Å²) in [5.74, 6) is 1.33. The van der Waals surface area contributed by atoms with Gasteiger partial charge >= 0.3 is 6.03 Å². The number of urea groups is 1. The summed E-state index contributed by atoms with van der Waals surface area (Å²) in [5.41, 5.74) is 1.15. The quantitative estimate of drug-likeness (QED) is 0.873. The SMILES string of the molecule is O=C(NC1CCCCC1)N1CCCC1Cc1noc(Cc2ccccc2)n1. The molecular weight excluding hydrogens is 340 g/mol. The van der Waals surface area contributed by atoms with Gasteiger partial charge in [0.25, 0.3) is 0 Å². The first kappa shape index (κ1) is 18.0. The summed E-state index contributed by atoms with van der Waals surface area (Å²) in [6, 6.07) is 10.7. The van der Waals surface area contributed by atoms with Crippen molar-refractivity contribution in [1.29, 1.82) is 0 Å². The van der Waals surface area contributed by atoms with Crippen molar-refractivity contribution in [1.82, 2.24) is 20.4 Å². The lowest BCUT2D eigenvalue weighted by atomic mass is 9.96. The average Bonchev–Trinajstić information content (AvgIpc) is 3.33. The number of hydrogen-bond donors (Lipinski definition) is 1. The van der Waals surface area contributed by atoms with Gasteiger partial charge in [0.15, 0.2) is 5.82 Å². The van der Waals surface area contributed by atoms with Gasteiger partial charge in [0, 0.05) is 25.0 Å². The number of carbonyl (C=O) groups is 1. The first-order valence-corrected chi connectivity index (χ1v) is 10.2. The summed E-state index contributed by atoms with van der Waals surface area (Å²) in [5, 5.41) is 7.38. The Morgan fingerprint density at radius 3 is 2.74 bits per heavy atom. The van der Waals surface area contributed by atoms with Gasteiger partial charge in [-0.25, -0.2) is 4.79 Å². The van der Waals surface area contributed by atoms with Crippen LogP contribution in [0.1, 0.15) is 62.2 Å². The van der Waals surface area contributed by atoms with E-state index in [9.17, 15) is 4.79 Å². The second-order valence-corrected chi connectivity index (χ2v) is 7.74. The van der Waals surface area contributed by atoms with Gasteiger partial charge in [-0.05, 0) is 31.2 Å². The van der Waals surface area contributed by atoms with E-state index in [2.05, 4.69) is 27.6 Å². The maximum absolute atomic E-state index is 12.7. The van der Waals surface area contributed by atoms with E-state index in [1.54, 1.807) is 0 Å². The summed E-state index contributed by atoms with van der Waals surface area (Å²) >= 11 is 0. The minimum atomic E-state index is 0.0809. The first-order valence-electron chi connectivity index (χ1n) is 10.2. The maximum Gasteiger partial charge on any atom is 0.317 e. The number of benzene rings is 1. The minimum Gasteiger partial charge on any atom is -0.339 e. The molecule has 144 valence electrons. The zero-order chi connectivity index (χ0) is 18.5. The highest BCUT2D eigenvalue weighted by molar-refractivity contribution is 5.75. The third kappa shape index (κ3) is 4.67. The Labute approximate surface area is 160 Å². The molecule has 1 unspecified atom stereocenters. The van der Waals surface area contributed by atoms with Gasteiger partial charge in [0.2, 0.25) is 5.89 Å². The van der Waals surface area contributed by atoms with Crippen LogP contribution < -0.4 is 5.32 Å². The van der Waals surface area contributed by atoms with Crippen LogP contribution in [0.3, 0.4) is 0 Å². The van der Waals surface area contributed by atoms with Gasteiger partial charge in [-0.15, -0.1) is 0 Å². The zero-order valence-electron chi connectivity index (χ0n) is 15.8. The van der Waals surface area contributed by atoms with Crippen molar-refractivity contribution in [3.8, 4) is 0 Å². The molecule has 1 N–H and O–H groups in total. The standard InChI is InChI=1S/C21H28N4O2/c26-21(22-17-10-5-2-6-11-17)25-13-7-12-18(25)15-19-23-20(27-24-19)14-16-8-3-1-4-9-16/h1,3-4,8-9,17-18H,2,5-7,10-15H2,(H,22,26). The monoisotopic (exact) mass is 368 g/mol. The summed E-state index contributed by atoms with van der Waals surface area (Å²) in [6.45, 7) is 0.817. The Kier molecular flexibility index (Phi) is 5.70. The van der Waals surface area contributed by atoms with Crippen LogP contribution in [0.15, 0.2) is 34.9 Å². The number of carbonyl (C=O) groups excluding carboxylic acids is 1. The topological polar surface area (TPSA) is 71.3 Å². The lowest BCUT2D eigenvalue weighted by Crippen LogP contribution is -2.47. The fraction of sp³-hybridized carbons (Fsp3) is 0.571. The normalized spacial score (nSPS) is 20.7. The van der Waals surface area contributed by atoms with Crippen LogP contribution in [0, 0.1) is 0 Å². The molecule has 1 aliphatic carbocycles. The van der Waals surface area contributed by atoms with Gasteiger partial charge in [-0.1, -0.05) is 54.8 Å². The molecule has 0 bridgehead atoms. The van der Waals surface area contributed by atoms with E-state index in [1.165, 1.54) is 19.3 Å². The summed E-state index contributed by atoms with van der Waals surface area (Å²) in [4.78, 5) is 19.2. The number of nitrogens with zero attached hydrogens (tertiary/aromatic N) is 3. The van der Waals surface area contributed by atoms with Gasteiger partial charge in [-0.2, -0.15) is 4.98 Å². The van der Waals surface area contributed by atoms with Crippen molar-refractivity contribution >= 4 is 6.03 Å². The molecule has 2 heterocycles. The van der Waals surface area contributed by atoms with Crippen LogP contribution in [0.4, 0.5) is 4.79 Å². The Balaban J connectivity index is 1.33. The molecule has 1 aromatic heterocycles. The van der Waals surface area contributed by atoms with Crippen LogP contribution in [0.5, 0.6) is 0 Å². The molecular formula is C21H28N4O2. The lowest BCUT2D eigenvalue weighted by molar-refractivity contribution is 0.184. The number of aromatic nitrogens is 2. The van der Waals surface area contributed by atoms with Crippen LogP contribution in [-0.2, 0) is 12.8 Å². The number of amides is 2. The molecule has 1 aliphatic heterocycles. The summed E-state index contributed by atoms with van der Waals surface area (Å²) < 4.78 is 5.42. The second-order valence-electron chi connectivity index (χ2n) is 7.74. The summed E-state index contributed by atoms with van der Waals surface area (Å²) in [6.07, 6.45) is 9.31. The van der Waals surface area contributed by atoms with Gasteiger partial charge < -0.3 is 14.7 Å². The number of rotatable bonds is 5. The van der Waals surface area contributed by atoms with Gasteiger partial charge in [0.05, 0.1) is 6.42 Å². The van der Waals surface area contributed by atoms with E-state index < -0.39 is 0 Å². The molecule has 1 aromatic carbocycles. The Bertz CT molecular complexity index is 740. The Morgan fingerprint density at radius 1 is 1.11 bits per heavy atom. The molecule has 2 fully saturated rings. The molecule has 0 spiro atoms. The second kappa shape index (κ2) is 8.55. The van der Waals surface area contributed by atoms with E-state index in [0.717, 1.165) is 37.8 Å². The fourth-order valence-electron chi connectivity index (χ4n) is 4.25.